The number of aryl methyl sites for hydroxylation is 1. The van der Waals surface area contributed by atoms with E-state index in [-0.39, 0.29) is 60.7 Å². The number of Topliss-reactive ketones (excluding diaryl/α,β-unsaturated/α-hetero) is 2. The largest absolute Gasteiger partial charge is 0.461 e. The third-order valence-corrected chi connectivity index (χ3v) is 8.28. The molecule has 0 saturated heterocycles. The van der Waals surface area contributed by atoms with Crippen molar-refractivity contribution in [2.75, 3.05) is 20.2 Å². The van der Waals surface area contributed by atoms with Crippen LogP contribution in [0.5, 0.6) is 0 Å². The normalized spacial score (nSPS) is 12.2. The van der Waals surface area contributed by atoms with E-state index in [9.17, 15) is 24.0 Å². The van der Waals surface area contributed by atoms with Crippen molar-refractivity contribution >= 4 is 67.4 Å². The Morgan fingerprint density at radius 3 is 1.91 bits per heavy atom. The SMILES string of the molecule is C.CCCN([B]C=O)C(CC(=O)c1nc(C)cs1)C(C)C.CCOC(=O)c1csc(C(=O)CC(C(C)C)N(C)[B]C=O)n1. The topological polar surface area (TPSA) is 127 Å². The molecule has 2 radical (unpaired) electrons. The van der Waals surface area contributed by atoms with Crippen LogP contribution in [0.4, 0.5) is 0 Å². The van der Waals surface area contributed by atoms with Gasteiger partial charge in [0, 0.05) is 41.4 Å². The first-order chi connectivity index (χ1) is 19.9. The van der Waals surface area contributed by atoms with Crippen molar-refractivity contribution in [2.24, 2.45) is 11.8 Å². The van der Waals surface area contributed by atoms with E-state index in [1.54, 1.807) is 26.2 Å². The molecule has 2 rings (SSSR count). The predicted octanol–water partition coefficient (Wildman–Crippen LogP) is 4.86. The van der Waals surface area contributed by atoms with Crippen molar-refractivity contribution in [3.63, 3.8) is 0 Å². The van der Waals surface area contributed by atoms with E-state index in [1.165, 1.54) is 24.1 Å². The van der Waals surface area contributed by atoms with E-state index in [4.69, 9.17) is 4.74 Å². The van der Waals surface area contributed by atoms with Gasteiger partial charge in [-0.15, -0.1) is 22.7 Å². The fourth-order valence-electron chi connectivity index (χ4n) is 4.22. The van der Waals surface area contributed by atoms with Gasteiger partial charge in [-0.1, -0.05) is 42.0 Å². The summed E-state index contributed by atoms with van der Waals surface area (Å²) >= 11 is 2.52. The molecule has 2 aromatic heterocycles. The molecule has 0 aromatic carbocycles. The highest BCUT2D eigenvalue weighted by Gasteiger charge is 2.27. The third-order valence-electron chi connectivity index (χ3n) is 6.39. The van der Waals surface area contributed by atoms with Crippen LogP contribution >= 0.6 is 22.7 Å². The van der Waals surface area contributed by atoms with E-state index in [0.29, 0.717) is 23.5 Å². The molecule has 14 heteroatoms. The van der Waals surface area contributed by atoms with Crippen LogP contribution in [-0.2, 0) is 14.3 Å². The van der Waals surface area contributed by atoms with E-state index in [1.807, 2.05) is 31.0 Å². The van der Waals surface area contributed by atoms with Gasteiger partial charge in [-0.05, 0) is 45.7 Å². The highest BCUT2D eigenvalue weighted by Crippen LogP contribution is 2.20. The molecule has 0 fully saturated rings. The summed E-state index contributed by atoms with van der Waals surface area (Å²) in [5, 5.41) is 4.26. The third kappa shape index (κ3) is 13.7. The first-order valence-electron chi connectivity index (χ1n) is 14.1. The van der Waals surface area contributed by atoms with Crippen LogP contribution in [0, 0.1) is 18.8 Å². The Balaban J connectivity index is 0.000000805. The zero-order valence-electron chi connectivity index (χ0n) is 25.9. The van der Waals surface area contributed by atoms with Crippen LogP contribution in [-0.4, -0.2) is 96.6 Å². The fourth-order valence-corrected chi connectivity index (χ4v) is 5.70. The van der Waals surface area contributed by atoms with Crippen molar-refractivity contribution < 1.29 is 28.7 Å². The molecule has 0 amide bonds. The van der Waals surface area contributed by atoms with Crippen LogP contribution in [0.25, 0.3) is 0 Å². The molecule has 10 nitrogen and oxygen atoms in total. The first kappa shape index (κ1) is 40.5. The summed E-state index contributed by atoms with van der Waals surface area (Å²) in [5.41, 5.74) is 1.04. The standard InChI is InChI=1S/C14H20BN2O4S.C14H22BN2O2S.CH4/c1-5-21-14(20)10-7-22-13(16-10)12(19)6-11(9(2)3)17(4)15-8-18;1-5-6-17(15-9-18)12(10(2)3)7-13(19)14-16-11(4)8-20-14;/h7-9,11H,5-6H2,1-4H3;8-10,12H,5-7H2,1-4H3;1H4. The summed E-state index contributed by atoms with van der Waals surface area (Å²) in [6, 6.07) is -0.0653. The number of carbonyl (C=O) groups is 5. The molecule has 2 atom stereocenters. The number of nitrogens with zero attached hydrogens (tertiary/aromatic N) is 4. The molecule has 0 aliphatic rings. The Kier molecular flexibility index (Phi) is 20.0. The molecule has 2 heterocycles. The zero-order valence-corrected chi connectivity index (χ0v) is 27.5. The quantitative estimate of drug-likeness (QED) is 0.0973. The summed E-state index contributed by atoms with van der Waals surface area (Å²) in [5.74, 6) is -0.130. The minimum Gasteiger partial charge on any atom is -0.461 e. The smallest absolute Gasteiger partial charge is 0.357 e. The molecular formula is C29H46B2N4O6S2. The van der Waals surface area contributed by atoms with Crippen molar-refractivity contribution in [3.8, 4) is 0 Å². The van der Waals surface area contributed by atoms with E-state index < -0.39 is 5.97 Å². The molecule has 0 aliphatic heterocycles. The van der Waals surface area contributed by atoms with Gasteiger partial charge in [0.05, 0.1) is 19.0 Å². The van der Waals surface area contributed by atoms with Crippen molar-refractivity contribution in [1.82, 2.24) is 19.6 Å². The lowest BCUT2D eigenvalue weighted by Crippen LogP contribution is -2.44. The van der Waals surface area contributed by atoms with Crippen molar-refractivity contribution in [2.45, 2.75) is 87.2 Å². The zero-order chi connectivity index (χ0) is 31.8. The van der Waals surface area contributed by atoms with Crippen molar-refractivity contribution in [3.05, 3.63) is 32.2 Å². The van der Waals surface area contributed by atoms with Crippen LogP contribution in [0.15, 0.2) is 10.8 Å². The molecule has 0 N–H and O–H groups in total. The minimum atomic E-state index is -0.524. The maximum Gasteiger partial charge on any atom is 0.357 e. The van der Waals surface area contributed by atoms with Gasteiger partial charge in [-0.3, -0.25) is 9.59 Å². The predicted molar refractivity (Wildman–Crippen MR) is 177 cm³/mol. The maximum absolute atomic E-state index is 12.3. The number of carbonyl (C=O) groups excluding carboxylic acids is 5. The maximum atomic E-state index is 12.3. The molecule has 236 valence electrons. The van der Waals surface area contributed by atoms with Crippen LogP contribution in [0.2, 0.25) is 0 Å². The number of rotatable bonds is 18. The van der Waals surface area contributed by atoms with E-state index >= 15 is 0 Å². The Bertz CT molecular complexity index is 1160. The second-order valence-corrected chi connectivity index (χ2v) is 12.1. The van der Waals surface area contributed by atoms with Gasteiger partial charge in [0.25, 0.3) is 14.8 Å². The van der Waals surface area contributed by atoms with E-state index in [2.05, 4.69) is 30.7 Å². The molecule has 0 spiro atoms. The summed E-state index contributed by atoms with van der Waals surface area (Å²) in [6.07, 6.45) is 3.06. The second kappa shape index (κ2) is 21.2. The van der Waals surface area contributed by atoms with Crippen LogP contribution in [0.3, 0.4) is 0 Å². The molecule has 0 aliphatic carbocycles. The van der Waals surface area contributed by atoms with Gasteiger partial charge in [0.1, 0.15) is 0 Å². The Morgan fingerprint density at radius 1 is 0.907 bits per heavy atom. The van der Waals surface area contributed by atoms with Crippen LogP contribution in [0.1, 0.15) is 104 Å². The molecule has 0 saturated carbocycles. The summed E-state index contributed by atoms with van der Waals surface area (Å²) in [7, 11) is 4.72. The van der Waals surface area contributed by atoms with Gasteiger partial charge in [0.2, 0.25) is 0 Å². The highest BCUT2D eigenvalue weighted by molar-refractivity contribution is 7.12. The number of hydrogen-bond acceptors (Lipinski definition) is 12. The second-order valence-electron chi connectivity index (χ2n) is 10.4. The number of ether oxygens (including phenoxy) is 1. The molecule has 2 aromatic rings. The average Bonchev–Trinajstić information content (AvgIpc) is 3.60. The van der Waals surface area contributed by atoms with Gasteiger partial charge in [-0.25, -0.2) is 14.8 Å². The number of aromatic nitrogens is 2. The Labute approximate surface area is 266 Å². The number of ketones is 2. The van der Waals surface area contributed by atoms with Gasteiger partial charge >= 0.3 is 5.97 Å². The number of thiazole rings is 2. The minimum absolute atomic E-state index is 0. The summed E-state index contributed by atoms with van der Waals surface area (Å²) in [4.78, 5) is 69.6. The number of hydrogen-bond donors (Lipinski definition) is 0. The molecule has 43 heavy (non-hydrogen) atoms. The summed E-state index contributed by atoms with van der Waals surface area (Å²) in [6.45, 7) is 14.8. The Hall–Kier alpha value is -2.54. The Morgan fingerprint density at radius 2 is 1.44 bits per heavy atom. The van der Waals surface area contributed by atoms with Gasteiger partial charge in [-0.2, -0.15) is 0 Å². The van der Waals surface area contributed by atoms with Crippen LogP contribution < -0.4 is 0 Å². The lowest BCUT2D eigenvalue weighted by molar-refractivity contribution is 0.0520. The fraction of sp³-hybridized carbons (Fsp3) is 0.621. The van der Waals surface area contributed by atoms with Gasteiger partial charge in [0.15, 0.2) is 27.3 Å². The molecule has 2 unspecified atom stereocenters. The molecular weight excluding hydrogens is 586 g/mol. The lowest BCUT2D eigenvalue weighted by Gasteiger charge is -2.32. The highest BCUT2D eigenvalue weighted by atomic mass is 32.1. The average molecular weight is 632 g/mol. The number of esters is 1. The lowest BCUT2D eigenvalue weighted by atomic mass is 9.85. The molecule has 0 bridgehead atoms. The summed E-state index contributed by atoms with van der Waals surface area (Å²) < 4.78 is 4.85. The van der Waals surface area contributed by atoms with Gasteiger partial charge < -0.3 is 23.9 Å². The first-order valence-corrected chi connectivity index (χ1v) is 15.8. The van der Waals surface area contributed by atoms with Crippen molar-refractivity contribution in [1.29, 1.82) is 0 Å². The monoisotopic (exact) mass is 632 g/mol. The van der Waals surface area contributed by atoms with E-state index in [0.717, 1.165) is 36.2 Å².